The van der Waals surface area contributed by atoms with Crippen LogP contribution < -0.4 is 5.73 Å². The Morgan fingerprint density at radius 2 is 2.36 bits per heavy atom. The molecule has 0 bridgehead atoms. The fraction of sp³-hybridized carbons (Fsp3) is 0.250. The molecule has 0 aliphatic heterocycles. The molecule has 2 heteroatoms. The molecule has 1 aromatic rings. The van der Waals surface area contributed by atoms with Crippen molar-refractivity contribution in [2.24, 2.45) is 5.73 Å². The lowest BCUT2D eigenvalue weighted by Gasteiger charge is -2.11. The quantitative estimate of drug-likeness (QED) is 0.724. The second-order valence-corrected chi connectivity index (χ2v) is 3.39. The number of aryl methyl sites for hydroxylation is 1. The first-order chi connectivity index (χ1) is 6.65. The molecule has 0 radical (unpaired) electrons. The van der Waals surface area contributed by atoms with E-state index in [2.05, 4.69) is 6.58 Å². The summed E-state index contributed by atoms with van der Waals surface area (Å²) in [7, 11) is 0. The van der Waals surface area contributed by atoms with Gasteiger partial charge < -0.3 is 5.73 Å². The zero-order valence-electron chi connectivity index (χ0n) is 8.36. The molecular weight excluding hydrogens is 174 g/mol. The van der Waals surface area contributed by atoms with Gasteiger partial charge in [0.05, 0.1) is 5.92 Å². The highest BCUT2D eigenvalue weighted by Crippen LogP contribution is 2.20. The molecule has 0 saturated heterocycles. The van der Waals surface area contributed by atoms with Gasteiger partial charge in [-0.25, -0.2) is 0 Å². The second-order valence-electron chi connectivity index (χ2n) is 3.39. The van der Waals surface area contributed by atoms with Crippen LogP contribution in [0.4, 0.5) is 0 Å². The van der Waals surface area contributed by atoms with E-state index in [4.69, 9.17) is 5.73 Å². The number of carbonyl (C=O) groups excluding carboxylic acids is 1. The van der Waals surface area contributed by atoms with Crippen LogP contribution in [0.3, 0.4) is 0 Å². The first-order valence-electron chi connectivity index (χ1n) is 4.62. The van der Waals surface area contributed by atoms with E-state index >= 15 is 0 Å². The van der Waals surface area contributed by atoms with Gasteiger partial charge >= 0.3 is 0 Å². The first-order valence-corrected chi connectivity index (χ1v) is 4.62. The highest BCUT2D eigenvalue weighted by Gasteiger charge is 2.15. The average molecular weight is 189 g/mol. The van der Waals surface area contributed by atoms with Crippen LogP contribution >= 0.6 is 0 Å². The Labute approximate surface area is 84.4 Å². The number of amides is 1. The molecule has 2 N–H and O–H groups in total. The molecule has 1 rings (SSSR count). The summed E-state index contributed by atoms with van der Waals surface area (Å²) in [5.41, 5.74) is 7.42. The summed E-state index contributed by atoms with van der Waals surface area (Å²) in [6, 6.07) is 7.84. The summed E-state index contributed by atoms with van der Waals surface area (Å²) in [6.45, 7) is 5.62. The molecule has 0 aromatic heterocycles. The Morgan fingerprint density at radius 3 is 2.86 bits per heavy atom. The molecule has 1 atom stereocenters. The maximum Gasteiger partial charge on any atom is 0.225 e. The first kappa shape index (κ1) is 10.5. The summed E-state index contributed by atoms with van der Waals surface area (Å²) in [5, 5.41) is 0. The zero-order valence-corrected chi connectivity index (χ0v) is 8.36. The molecule has 2 nitrogen and oxygen atoms in total. The van der Waals surface area contributed by atoms with Gasteiger partial charge in [0, 0.05) is 0 Å². The van der Waals surface area contributed by atoms with E-state index in [1.54, 1.807) is 6.08 Å². The summed E-state index contributed by atoms with van der Waals surface area (Å²) in [5.74, 6) is -0.539. The van der Waals surface area contributed by atoms with Crippen LogP contribution in [-0.4, -0.2) is 5.91 Å². The average Bonchev–Trinajstić information content (AvgIpc) is 2.13. The van der Waals surface area contributed by atoms with Crippen LogP contribution in [0.2, 0.25) is 0 Å². The third-order valence-corrected chi connectivity index (χ3v) is 2.19. The Morgan fingerprint density at radius 1 is 1.64 bits per heavy atom. The highest BCUT2D eigenvalue weighted by molar-refractivity contribution is 5.82. The number of nitrogens with two attached hydrogens (primary N) is 1. The Hall–Kier alpha value is -1.57. The second kappa shape index (κ2) is 4.61. The van der Waals surface area contributed by atoms with Crippen molar-refractivity contribution in [2.45, 2.75) is 19.3 Å². The van der Waals surface area contributed by atoms with Crippen LogP contribution in [0.1, 0.15) is 23.5 Å². The number of carbonyl (C=O) groups is 1. The van der Waals surface area contributed by atoms with Crippen molar-refractivity contribution in [1.29, 1.82) is 0 Å². The van der Waals surface area contributed by atoms with Gasteiger partial charge in [-0.15, -0.1) is 6.58 Å². The van der Waals surface area contributed by atoms with Crippen molar-refractivity contribution in [3.8, 4) is 0 Å². The molecule has 1 amide bonds. The predicted molar refractivity (Wildman–Crippen MR) is 57.9 cm³/mol. The SMILES string of the molecule is C=CC[C@@H](C(N)=O)c1cccc(C)c1. The lowest BCUT2D eigenvalue weighted by Crippen LogP contribution is -2.20. The number of primary amides is 1. The minimum absolute atomic E-state index is 0.243. The molecular formula is C12H15NO. The van der Waals surface area contributed by atoms with E-state index in [9.17, 15) is 4.79 Å². The van der Waals surface area contributed by atoms with Gasteiger partial charge in [0.15, 0.2) is 0 Å². The molecule has 0 spiro atoms. The van der Waals surface area contributed by atoms with Gasteiger partial charge in [0.2, 0.25) is 5.91 Å². The molecule has 0 aliphatic rings. The Balaban J connectivity index is 2.98. The van der Waals surface area contributed by atoms with Crippen LogP contribution in [0.15, 0.2) is 36.9 Å². The normalized spacial score (nSPS) is 12.1. The van der Waals surface area contributed by atoms with Gasteiger partial charge in [0.25, 0.3) is 0 Å². The minimum Gasteiger partial charge on any atom is -0.369 e. The summed E-state index contributed by atoms with van der Waals surface area (Å²) in [4.78, 5) is 11.2. The molecule has 0 saturated carbocycles. The van der Waals surface area contributed by atoms with E-state index in [1.165, 1.54) is 0 Å². The maximum absolute atomic E-state index is 11.2. The van der Waals surface area contributed by atoms with Crippen molar-refractivity contribution in [3.05, 3.63) is 48.0 Å². The predicted octanol–water partition coefficient (Wildman–Crippen LogP) is 2.14. The van der Waals surface area contributed by atoms with Crippen molar-refractivity contribution in [1.82, 2.24) is 0 Å². The van der Waals surface area contributed by atoms with Gasteiger partial charge in [0.1, 0.15) is 0 Å². The number of benzene rings is 1. The molecule has 0 unspecified atom stereocenters. The van der Waals surface area contributed by atoms with Crippen molar-refractivity contribution in [2.75, 3.05) is 0 Å². The van der Waals surface area contributed by atoms with Crippen molar-refractivity contribution >= 4 is 5.91 Å². The van der Waals surface area contributed by atoms with Crippen LogP contribution in [0.5, 0.6) is 0 Å². The van der Waals surface area contributed by atoms with Gasteiger partial charge in [-0.1, -0.05) is 35.9 Å². The highest BCUT2D eigenvalue weighted by atomic mass is 16.1. The monoisotopic (exact) mass is 189 g/mol. The standard InChI is InChI=1S/C12H15NO/c1-3-5-11(12(13)14)10-7-4-6-9(2)8-10/h3-4,6-8,11H,1,5H2,2H3,(H2,13,14)/t11-/m1/s1. The van der Waals surface area contributed by atoms with E-state index in [1.807, 2.05) is 31.2 Å². The topological polar surface area (TPSA) is 43.1 Å². The number of allylic oxidation sites excluding steroid dienone is 1. The molecule has 74 valence electrons. The Kier molecular flexibility index (Phi) is 3.46. The van der Waals surface area contributed by atoms with Crippen LogP contribution in [-0.2, 0) is 4.79 Å². The van der Waals surface area contributed by atoms with Crippen LogP contribution in [0.25, 0.3) is 0 Å². The third kappa shape index (κ3) is 2.46. The fourth-order valence-corrected chi connectivity index (χ4v) is 1.47. The summed E-state index contributed by atoms with van der Waals surface area (Å²) >= 11 is 0. The Bertz CT molecular complexity index is 344. The van der Waals surface area contributed by atoms with Gasteiger partial charge in [-0.3, -0.25) is 4.79 Å². The zero-order chi connectivity index (χ0) is 10.6. The number of hydrogen-bond donors (Lipinski definition) is 1. The molecule has 1 aromatic carbocycles. The van der Waals surface area contributed by atoms with Crippen molar-refractivity contribution in [3.63, 3.8) is 0 Å². The van der Waals surface area contributed by atoms with E-state index in [-0.39, 0.29) is 11.8 Å². The molecule has 0 heterocycles. The summed E-state index contributed by atoms with van der Waals surface area (Å²) < 4.78 is 0. The number of hydrogen-bond acceptors (Lipinski definition) is 1. The van der Waals surface area contributed by atoms with Crippen LogP contribution in [0, 0.1) is 6.92 Å². The lowest BCUT2D eigenvalue weighted by molar-refractivity contribution is -0.119. The lowest BCUT2D eigenvalue weighted by atomic mass is 9.94. The largest absolute Gasteiger partial charge is 0.369 e. The summed E-state index contributed by atoms with van der Waals surface area (Å²) in [6.07, 6.45) is 2.32. The van der Waals surface area contributed by atoms with Crippen molar-refractivity contribution < 1.29 is 4.79 Å². The molecule has 14 heavy (non-hydrogen) atoms. The molecule has 0 fully saturated rings. The molecule has 0 aliphatic carbocycles. The van der Waals surface area contributed by atoms with E-state index in [0.717, 1.165) is 11.1 Å². The van der Waals surface area contributed by atoms with E-state index < -0.39 is 0 Å². The maximum atomic E-state index is 11.2. The minimum atomic E-state index is -0.296. The third-order valence-electron chi connectivity index (χ3n) is 2.19. The fourth-order valence-electron chi connectivity index (χ4n) is 1.47. The smallest absolute Gasteiger partial charge is 0.225 e. The van der Waals surface area contributed by atoms with Gasteiger partial charge in [-0.2, -0.15) is 0 Å². The van der Waals surface area contributed by atoms with E-state index in [0.29, 0.717) is 6.42 Å². The van der Waals surface area contributed by atoms with Gasteiger partial charge in [-0.05, 0) is 18.9 Å². The number of rotatable bonds is 4.